The molecule has 2 N–H and O–H groups in total. The molecule has 0 atom stereocenters. The van der Waals surface area contributed by atoms with Crippen LogP contribution in [0.1, 0.15) is 29.0 Å². The zero-order valence-corrected chi connectivity index (χ0v) is 30.5. The van der Waals surface area contributed by atoms with Crippen LogP contribution in [0.4, 0.5) is 20.8 Å². The molecule has 2 aromatic carbocycles. The van der Waals surface area contributed by atoms with E-state index in [1.54, 1.807) is 21.0 Å². The van der Waals surface area contributed by atoms with Crippen LogP contribution in [0, 0.1) is 12.7 Å². The van der Waals surface area contributed by atoms with Crippen molar-refractivity contribution in [2.75, 3.05) is 31.9 Å². The number of halogens is 2. The molecule has 0 bridgehead atoms. The molecule has 0 aliphatic carbocycles. The summed E-state index contributed by atoms with van der Waals surface area (Å²) in [6, 6.07) is 6.42. The topological polar surface area (TPSA) is 217 Å². The number of carbonyl (C=O) groups excluding carboxylic acids is 2. The molecule has 0 saturated carbocycles. The Kier molecular flexibility index (Phi) is 12.9. The van der Waals surface area contributed by atoms with Gasteiger partial charge < -0.3 is 14.6 Å². The van der Waals surface area contributed by atoms with Gasteiger partial charge in [-0.05, 0) is 55.4 Å². The van der Waals surface area contributed by atoms with Gasteiger partial charge in [0, 0.05) is 25.0 Å². The summed E-state index contributed by atoms with van der Waals surface area (Å²) in [6.45, 7) is 2.87. The molecule has 0 unspecified atom stereocenters. The van der Waals surface area contributed by atoms with Gasteiger partial charge in [-0.3, -0.25) is 19.2 Å². The fourth-order valence-corrected chi connectivity index (χ4v) is 7.49. The zero-order valence-electron chi connectivity index (χ0n) is 27.3. The van der Waals surface area contributed by atoms with Crippen molar-refractivity contribution in [1.82, 2.24) is 29.0 Å². The number of fused-ring (bicyclic) bond motifs is 1. The normalized spacial score (nSPS) is 12.6. The number of rotatable bonds is 9. The molecular formula is C29H30ClFN8O9S3. The quantitative estimate of drug-likeness (QED) is 0.184. The van der Waals surface area contributed by atoms with Gasteiger partial charge in [0.2, 0.25) is 10.7 Å². The van der Waals surface area contributed by atoms with Gasteiger partial charge in [-0.2, -0.15) is 15.0 Å². The minimum absolute atomic E-state index is 0.0498. The molecule has 3 heterocycles. The molecule has 0 radical (unpaired) electrons. The van der Waals surface area contributed by atoms with Crippen molar-refractivity contribution in [3.05, 3.63) is 73.1 Å². The molecule has 51 heavy (non-hydrogen) atoms. The molecule has 17 nitrogen and oxygen atoms in total. The number of anilines is 1. The highest BCUT2D eigenvalue weighted by Gasteiger charge is 2.27. The van der Waals surface area contributed by atoms with Crippen molar-refractivity contribution in [2.45, 2.75) is 42.6 Å². The number of esters is 1. The van der Waals surface area contributed by atoms with Gasteiger partial charge in [-0.1, -0.05) is 23.7 Å². The lowest BCUT2D eigenvalue weighted by atomic mass is 10.2. The summed E-state index contributed by atoms with van der Waals surface area (Å²) in [4.78, 5) is 63.9. The summed E-state index contributed by atoms with van der Waals surface area (Å²) >= 11 is 8.17. The lowest BCUT2D eigenvalue weighted by molar-refractivity contribution is -0.137. The lowest BCUT2D eigenvalue weighted by Crippen LogP contribution is -2.42. The summed E-state index contributed by atoms with van der Waals surface area (Å²) in [5, 5.41) is 9.31. The van der Waals surface area contributed by atoms with E-state index in [1.807, 2.05) is 0 Å². The largest absolute Gasteiger partial charge is 0.478 e. The highest BCUT2D eigenvalue weighted by atomic mass is 35.5. The van der Waals surface area contributed by atoms with Gasteiger partial charge in [-0.25, -0.2) is 36.8 Å². The predicted octanol–water partition coefficient (Wildman–Crippen LogP) is 3.22. The number of methoxy groups -OCH3 is 2. The number of aromatic nitrogens is 5. The fourth-order valence-electron chi connectivity index (χ4n) is 4.32. The number of urea groups is 1. The number of carboxylic acid groups (broad SMARTS) is 1. The van der Waals surface area contributed by atoms with E-state index in [0.29, 0.717) is 22.8 Å². The number of ether oxygens (including phenoxy) is 2. The van der Waals surface area contributed by atoms with E-state index in [9.17, 15) is 32.0 Å². The van der Waals surface area contributed by atoms with Crippen molar-refractivity contribution in [1.29, 1.82) is 0 Å². The molecular weight excluding hydrogens is 755 g/mol. The Hall–Kier alpha value is -4.86. The number of sulfonamides is 1. The van der Waals surface area contributed by atoms with Gasteiger partial charge in [0.05, 0.1) is 30.6 Å². The summed E-state index contributed by atoms with van der Waals surface area (Å²) in [7, 11) is -0.578. The van der Waals surface area contributed by atoms with Crippen LogP contribution in [0.3, 0.4) is 0 Å². The lowest BCUT2D eigenvalue weighted by Gasteiger charge is -2.17. The number of nitrogens with zero attached hydrogens (tertiary/aromatic N) is 7. The molecule has 22 heteroatoms. The van der Waals surface area contributed by atoms with Gasteiger partial charge in [-0.15, -0.1) is 11.8 Å². The number of carbonyl (C=O) groups is 3. The first kappa shape index (κ1) is 38.9. The summed E-state index contributed by atoms with van der Waals surface area (Å²) in [5.74, 6) is -2.25. The second kappa shape index (κ2) is 16.9. The maximum Gasteiger partial charge on any atom is 0.337 e. The van der Waals surface area contributed by atoms with Crippen LogP contribution >= 0.6 is 34.7 Å². The molecule has 0 fully saturated rings. The van der Waals surface area contributed by atoms with Crippen molar-refractivity contribution < 1.29 is 41.8 Å². The fraction of sp³-hybridized carbons (Fsp3) is 0.310. The third-order valence-corrected chi connectivity index (χ3v) is 10.5. The minimum atomic E-state index is -4.44. The molecule has 2 aromatic heterocycles. The first-order valence-corrected chi connectivity index (χ1v) is 18.2. The Labute approximate surface area is 302 Å². The van der Waals surface area contributed by atoms with Gasteiger partial charge in [0.1, 0.15) is 22.2 Å². The number of thioether (sulfide) groups is 1. The molecule has 2 amide bonds. The zero-order chi connectivity index (χ0) is 37.5. The number of hydrogen-bond donors (Lipinski definition) is 2. The summed E-state index contributed by atoms with van der Waals surface area (Å²) < 4.78 is 53.7. The Balaban J connectivity index is 0.000000229. The number of hydrogen-bond acceptors (Lipinski definition) is 14. The number of aromatic carboxylic acids is 1. The molecule has 4 aromatic rings. The average Bonchev–Trinajstić information content (AvgIpc) is 3.42. The highest BCUT2D eigenvalue weighted by molar-refractivity contribution is 8.00. The van der Waals surface area contributed by atoms with Crippen molar-refractivity contribution in [3.63, 3.8) is 0 Å². The van der Waals surface area contributed by atoms with Gasteiger partial charge in [0.15, 0.2) is 0 Å². The first-order valence-electron chi connectivity index (χ1n) is 14.6. The highest BCUT2D eigenvalue weighted by Crippen LogP contribution is 2.33. The average molecular weight is 785 g/mol. The van der Waals surface area contributed by atoms with Crippen LogP contribution in [-0.2, 0) is 32.6 Å². The number of benzene rings is 2. The van der Waals surface area contributed by atoms with E-state index in [-0.39, 0.29) is 39.1 Å². The smallest absolute Gasteiger partial charge is 0.337 e. The van der Waals surface area contributed by atoms with Crippen LogP contribution in [-0.4, -0.2) is 82.8 Å². The van der Waals surface area contributed by atoms with Crippen LogP contribution < -0.4 is 24.0 Å². The Morgan fingerprint density at radius 2 is 1.82 bits per heavy atom. The maximum atomic E-state index is 14.3. The molecule has 0 spiro atoms. The number of aryl methyl sites for hydroxylation is 1. The third kappa shape index (κ3) is 9.68. The Morgan fingerprint density at radius 1 is 1.14 bits per heavy atom. The van der Waals surface area contributed by atoms with Crippen molar-refractivity contribution >= 4 is 74.3 Å². The predicted molar refractivity (Wildman–Crippen MR) is 184 cm³/mol. The molecule has 1 aliphatic rings. The van der Waals surface area contributed by atoms with Crippen LogP contribution in [0.2, 0.25) is 5.02 Å². The van der Waals surface area contributed by atoms with E-state index in [0.717, 1.165) is 59.0 Å². The standard InChI is InChI=1S/C15H15ClFN3O3S2.C14H15N5O6S/c1-23-13(21)8-24-12-7-11(10(17)6-9(12)16)18-14-19-4-2-3-5-20(19)15(22)25-14;1-8-15-12(17-13(16-8)25-3)19(2)14(22)18-26(23,24)10-7-5-4-6-9(10)11(20)21/h6-7H,2-5,8H2,1H3;4-7H,1-3H3,(H,18,22)(H,20,21)/b18-14-;. The van der Waals surface area contributed by atoms with Gasteiger partial charge >= 0.3 is 28.9 Å². The van der Waals surface area contributed by atoms with E-state index >= 15 is 0 Å². The van der Waals surface area contributed by atoms with E-state index in [4.69, 9.17) is 21.4 Å². The van der Waals surface area contributed by atoms with E-state index < -0.39 is 44.3 Å². The van der Waals surface area contributed by atoms with Gasteiger partial charge in [0.25, 0.3) is 10.0 Å². The number of nitrogens with one attached hydrogen (secondary N) is 1. The Bertz CT molecular complexity index is 2210. The monoisotopic (exact) mass is 784 g/mol. The maximum absolute atomic E-state index is 14.3. The van der Waals surface area contributed by atoms with Crippen LogP contribution in [0.5, 0.6) is 6.01 Å². The SMILES string of the molecule is COC(=O)CSc1cc(/N=c2\sc(=O)n3n2CCCC3)c(F)cc1Cl.COc1nc(C)nc(N(C)C(=O)NS(=O)(=O)c2ccccc2C(=O)O)n1. The van der Waals surface area contributed by atoms with Crippen LogP contribution in [0.15, 0.2) is 56.0 Å². The van der Waals surface area contributed by atoms with Crippen molar-refractivity contribution in [3.8, 4) is 6.01 Å². The van der Waals surface area contributed by atoms with E-state index in [2.05, 4.69) is 24.7 Å². The summed E-state index contributed by atoms with van der Waals surface area (Å²) in [6.07, 6.45) is 1.90. The van der Waals surface area contributed by atoms with Crippen molar-refractivity contribution in [2.24, 2.45) is 4.99 Å². The molecule has 0 saturated heterocycles. The first-order chi connectivity index (χ1) is 24.1. The number of carboxylic acids is 1. The third-order valence-electron chi connectivity index (χ3n) is 6.81. The second-order valence-electron chi connectivity index (χ2n) is 10.3. The van der Waals surface area contributed by atoms with Crippen LogP contribution in [0.25, 0.3) is 0 Å². The molecule has 5 rings (SSSR count). The molecule has 1 aliphatic heterocycles. The number of amides is 2. The summed E-state index contributed by atoms with van der Waals surface area (Å²) in [5.41, 5.74) is -0.382. The van der Waals surface area contributed by atoms with E-state index in [1.165, 1.54) is 39.5 Å². The Morgan fingerprint density at radius 3 is 2.49 bits per heavy atom. The molecule has 272 valence electrons. The minimum Gasteiger partial charge on any atom is -0.478 e. The second-order valence-corrected chi connectivity index (χ2v) is 14.2.